The van der Waals surface area contributed by atoms with Gasteiger partial charge in [0, 0.05) is 17.7 Å². The van der Waals surface area contributed by atoms with Gasteiger partial charge in [0.25, 0.3) is 5.69 Å². The molecular formula is C38H47NO6. The Bertz CT molecular complexity index is 1330. The summed E-state index contributed by atoms with van der Waals surface area (Å²) < 4.78 is 11.3. The second-order valence-corrected chi connectivity index (χ2v) is 11.4. The number of hydrogen-bond acceptors (Lipinski definition) is 6. The molecule has 0 amide bonds. The molecule has 0 unspecified atom stereocenters. The standard InChI is InChI=1S/C38H47NO6/c1-2-3-4-5-6-7-8-9-10-11-12-13-14-15-30-44-35-27-21-33(22-28-35)38(41)45-36-25-16-31(17-26-36)18-29-37(40)32-19-23-34(24-20-32)39(42)43/h16-29H,2-15,30H2,1H3/b29-18+. The highest BCUT2D eigenvalue weighted by Crippen LogP contribution is 2.19. The number of ketones is 1. The number of nitro benzene ring substituents is 1. The van der Waals surface area contributed by atoms with Crippen molar-refractivity contribution in [2.45, 2.75) is 96.8 Å². The second-order valence-electron chi connectivity index (χ2n) is 11.4. The number of hydrogen-bond donors (Lipinski definition) is 0. The molecule has 0 saturated heterocycles. The van der Waals surface area contributed by atoms with E-state index in [0.29, 0.717) is 23.5 Å². The number of nitro groups is 1. The van der Waals surface area contributed by atoms with Crippen molar-refractivity contribution in [3.05, 3.63) is 106 Å². The summed E-state index contributed by atoms with van der Waals surface area (Å²) in [4.78, 5) is 35.2. The van der Waals surface area contributed by atoms with E-state index in [1.807, 2.05) is 0 Å². The van der Waals surface area contributed by atoms with Crippen LogP contribution in [0.15, 0.2) is 78.9 Å². The van der Waals surface area contributed by atoms with Gasteiger partial charge in [-0.05, 0) is 66.6 Å². The molecule has 0 aromatic heterocycles. The number of benzene rings is 3. The van der Waals surface area contributed by atoms with E-state index < -0.39 is 10.9 Å². The van der Waals surface area contributed by atoms with E-state index in [1.54, 1.807) is 54.6 Å². The van der Waals surface area contributed by atoms with Crippen molar-refractivity contribution in [3.63, 3.8) is 0 Å². The highest BCUT2D eigenvalue weighted by atomic mass is 16.6. The molecule has 7 heteroatoms. The van der Waals surface area contributed by atoms with Gasteiger partial charge >= 0.3 is 5.97 Å². The first kappa shape index (κ1) is 35.2. The lowest BCUT2D eigenvalue weighted by Crippen LogP contribution is -2.08. The monoisotopic (exact) mass is 613 g/mol. The third-order valence-corrected chi connectivity index (χ3v) is 7.74. The minimum atomic E-state index is -0.510. The molecule has 0 aliphatic rings. The molecule has 7 nitrogen and oxygen atoms in total. The number of carbonyl (C=O) groups excluding carboxylic acids is 2. The van der Waals surface area contributed by atoms with E-state index in [9.17, 15) is 19.7 Å². The van der Waals surface area contributed by atoms with Gasteiger partial charge in [-0.25, -0.2) is 4.79 Å². The Morgan fingerprint density at radius 2 is 1.13 bits per heavy atom. The normalized spacial score (nSPS) is 11.0. The number of nitrogens with zero attached hydrogens (tertiary/aromatic N) is 1. The Morgan fingerprint density at radius 1 is 0.644 bits per heavy atom. The quantitative estimate of drug-likeness (QED) is 0.0213. The van der Waals surface area contributed by atoms with Gasteiger partial charge in [-0.1, -0.05) is 109 Å². The number of carbonyl (C=O) groups is 2. The molecule has 0 heterocycles. The number of unbranched alkanes of at least 4 members (excludes halogenated alkanes) is 13. The van der Waals surface area contributed by atoms with Gasteiger partial charge in [0.05, 0.1) is 17.1 Å². The Kier molecular flexibility index (Phi) is 16.2. The Hall–Kier alpha value is -4.26. The molecule has 0 atom stereocenters. The number of ether oxygens (including phenoxy) is 2. The lowest BCUT2D eigenvalue weighted by Gasteiger charge is -2.08. The Balaban J connectivity index is 1.27. The van der Waals surface area contributed by atoms with Crippen LogP contribution in [0.1, 0.15) is 123 Å². The molecule has 3 aromatic carbocycles. The number of esters is 1. The number of non-ortho nitro benzene ring substituents is 1. The fourth-order valence-corrected chi connectivity index (χ4v) is 5.00. The molecule has 0 radical (unpaired) electrons. The maximum Gasteiger partial charge on any atom is 0.343 e. The fraction of sp³-hybridized carbons (Fsp3) is 0.421. The van der Waals surface area contributed by atoms with Crippen molar-refractivity contribution in [2.75, 3.05) is 6.61 Å². The molecule has 0 aliphatic heterocycles. The van der Waals surface area contributed by atoms with Crippen LogP contribution in [-0.4, -0.2) is 23.3 Å². The third-order valence-electron chi connectivity index (χ3n) is 7.74. The zero-order valence-electron chi connectivity index (χ0n) is 26.6. The van der Waals surface area contributed by atoms with E-state index in [4.69, 9.17) is 9.47 Å². The smallest absolute Gasteiger partial charge is 0.343 e. The molecule has 240 valence electrons. The largest absolute Gasteiger partial charge is 0.494 e. The summed E-state index contributed by atoms with van der Waals surface area (Å²) in [6, 6.07) is 19.2. The van der Waals surface area contributed by atoms with Gasteiger partial charge < -0.3 is 9.47 Å². The minimum absolute atomic E-state index is 0.0691. The van der Waals surface area contributed by atoms with Gasteiger partial charge in [-0.15, -0.1) is 0 Å². The van der Waals surface area contributed by atoms with Crippen LogP contribution in [0, 0.1) is 10.1 Å². The topological polar surface area (TPSA) is 95.7 Å². The van der Waals surface area contributed by atoms with Gasteiger partial charge in [-0.3, -0.25) is 14.9 Å². The van der Waals surface area contributed by atoms with Crippen LogP contribution in [0.5, 0.6) is 11.5 Å². The third kappa shape index (κ3) is 13.9. The summed E-state index contributed by atoms with van der Waals surface area (Å²) in [5.41, 5.74) is 1.45. The van der Waals surface area contributed by atoms with E-state index in [-0.39, 0.29) is 11.5 Å². The van der Waals surface area contributed by atoms with Crippen LogP contribution >= 0.6 is 0 Å². The van der Waals surface area contributed by atoms with Gasteiger partial charge in [0.2, 0.25) is 0 Å². The molecule has 45 heavy (non-hydrogen) atoms. The second kappa shape index (κ2) is 20.7. The van der Waals surface area contributed by atoms with Crippen molar-refractivity contribution < 1.29 is 24.0 Å². The number of rotatable bonds is 22. The number of allylic oxidation sites excluding steroid dienone is 1. The van der Waals surface area contributed by atoms with E-state index in [0.717, 1.165) is 17.7 Å². The maximum absolute atomic E-state index is 12.6. The summed E-state index contributed by atoms with van der Waals surface area (Å²) in [7, 11) is 0. The molecule has 0 saturated carbocycles. The van der Waals surface area contributed by atoms with E-state index in [2.05, 4.69) is 6.92 Å². The first-order chi connectivity index (χ1) is 22.0. The minimum Gasteiger partial charge on any atom is -0.494 e. The Labute approximate surface area is 267 Å². The summed E-state index contributed by atoms with van der Waals surface area (Å²) in [6.07, 6.45) is 21.6. The van der Waals surface area contributed by atoms with Crippen molar-refractivity contribution in [1.29, 1.82) is 0 Å². The summed E-state index contributed by atoms with van der Waals surface area (Å²) in [5, 5.41) is 10.8. The highest BCUT2D eigenvalue weighted by molar-refractivity contribution is 6.06. The van der Waals surface area contributed by atoms with Crippen LogP contribution in [0.2, 0.25) is 0 Å². The summed E-state index contributed by atoms with van der Waals surface area (Å²) >= 11 is 0. The maximum atomic E-state index is 12.6. The van der Waals surface area contributed by atoms with Gasteiger partial charge in [-0.2, -0.15) is 0 Å². The van der Waals surface area contributed by atoms with Crippen LogP contribution < -0.4 is 9.47 Å². The van der Waals surface area contributed by atoms with Crippen LogP contribution in [-0.2, 0) is 0 Å². The molecule has 0 aliphatic carbocycles. The zero-order chi connectivity index (χ0) is 32.1. The lowest BCUT2D eigenvalue weighted by molar-refractivity contribution is -0.384. The summed E-state index contributed by atoms with van der Waals surface area (Å²) in [5.74, 6) is 0.384. The van der Waals surface area contributed by atoms with Crippen LogP contribution in [0.4, 0.5) is 5.69 Å². The fourth-order valence-electron chi connectivity index (χ4n) is 5.00. The van der Waals surface area contributed by atoms with Crippen molar-refractivity contribution in [3.8, 4) is 11.5 Å². The average molecular weight is 614 g/mol. The SMILES string of the molecule is CCCCCCCCCCCCCCCCOc1ccc(C(=O)Oc2ccc(/C=C/C(=O)c3ccc([N+](=O)[O-])cc3)cc2)cc1. The molecule has 3 aromatic rings. The lowest BCUT2D eigenvalue weighted by atomic mass is 10.0. The predicted molar refractivity (Wildman–Crippen MR) is 180 cm³/mol. The van der Waals surface area contributed by atoms with E-state index in [1.165, 1.54) is 114 Å². The first-order valence-electron chi connectivity index (χ1n) is 16.5. The van der Waals surface area contributed by atoms with Crippen LogP contribution in [0.3, 0.4) is 0 Å². The molecule has 0 fully saturated rings. The predicted octanol–water partition coefficient (Wildman–Crippen LogP) is 10.6. The summed E-state index contributed by atoms with van der Waals surface area (Å²) in [6.45, 7) is 2.94. The molecule has 0 N–H and O–H groups in total. The van der Waals surface area contributed by atoms with Crippen molar-refractivity contribution >= 4 is 23.5 Å². The van der Waals surface area contributed by atoms with Crippen molar-refractivity contribution in [2.24, 2.45) is 0 Å². The Morgan fingerprint density at radius 3 is 1.67 bits per heavy atom. The van der Waals surface area contributed by atoms with E-state index >= 15 is 0 Å². The highest BCUT2D eigenvalue weighted by Gasteiger charge is 2.10. The molecule has 0 spiro atoms. The van der Waals surface area contributed by atoms with Crippen molar-refractivity contribution in [1.82, 2.24) is 0 Å². The molecular weight excluding hydrogens is 566 g/mol. The molecule has 0 bridgehead atoms. The van der Waals surface area contributed by atoms with Crippen LogP contribution in [0.25, 0.3) is 6.08 Å². The first-order valence-corrected chi connectivity index (χ1v) is 16.5. The molecule has 3 rings (SSSR count). The average Bonchev–Trinajstić information content (AvgIpc) is 3.06. The van der Waals surface area contributed by atoms with Gasteiger partial charge in [0.1, 0.15) is 11.5 Å². The zero-order valence-corrected chi connectivity index (χ0v) is 26.6. The van der Waals surface area contributed by atoms with Gasteiger partial charge in [0.15, 0.2) is 5.78 Å².